The Morgan fingerprint density at radius 3 is 1.84 bits per heavy atom. The zero-order valence-electron chi connectivity index (χ0n) is 15.1. The van der Waals surface area contributed by atoms with Gasteiger partial charge in [0.1, 0.15) is 12.0 Å². The summed E-state index contributed by atoms with van der Waals surface area (Å²) < 4.78 is 0.940. The average Bonchev–Trinajstić information content (AvgIpc) is 2.71. The molecular weight excluding hydrogens is 423 g/mol. The summed E-state index contributed by atoms with van der Waals surface area (Å²) >= 11 is 0. The Morgan fingerprint density at radius 2 is 1.32 bits per heavy atom. The third-order valence-electron chi connectivity index (χ3n) is 4.09. The third-order valence-corrected chi connectivity index (χ3v) is 4.09. The molecule has 4 heteroatoms. The normalized spacial score (nSPS) is 11.2. The van der Waals surface area contributed by atoms with Gasteiger partial charge in [-0.1, -0.05) is 65.8 Å². The fraction of sp³-hybridized carbons (Fsp3) is 0.286. The molecule has 0 N–H and O–H groups in total. The molecule has 25 heavy (non-hydrogen) atoms. The van der Waals surface area contributed by atoms with Gasteiger partial charge in [0.25, 0.3) is 0 Å². The third kappa shape index (κ3) is 5.16. The van der Waals surface area contributed by atoms with Crippen molar-refractivity contribution in [2.24, 2.45) is 5.16 Å². The summed E-state index contributed by atoms with van der Waals surface area (Å²) in [7, 11) is 6.57. The summed E-state index contributed by atoms with van der Waals surface area (Å²) in [6.45, 7) is 1.70. The Bertz CT molecular complexity index is 855. The van der Waals surface area contributed by atoms with Crippen LogP contribution in [0.25, 0.3) is 21.5 Å². The molecule has 0 bridgehead atoms. The Balaban J connectivity index is 0.00000225. The van der Waals surface area contributed by atoms with Gasteiger partial charge in [-0.2, -0.15) is 0 Å². The highest BCUT2D eigenvalue weighted by Gasteiger charge is 2.06. The molecule has 0 amide bonds. The van der Waals surface area contributed by atoms with Crippen molar-refractivity contribution >= 4 is 21.5 Å². The second-order valence-corrected chi connectivity index (χ2v) is 7.15. The summed E-state index contributed by atoms with van der Waals surface area (Å²) in [6, 6.07) is 20.9. The van der Waals surface area contributed by atoms with Crippen LogP contribution in [0.1, 0.15) is 6.42 Å². The molecule has 0 aliphatic heterocycles. The number of fused-ring (bicyclic) bond motifs is 2. The lowest BCUT2D eigenvalue weighted by Gasteiger charge is -2.23. The first kappa shape index (κ1) is 19.7. The van der Waals surface area contributed by atoms with Crippen LogP contribution in [0, 0.1) is 0 Å². The number of nitrogens with zero attached hydrogens (tertiary/aromatic N) is 2. The predicted octanol–water partition coefficient (Wildman–Crippen LogP) is 0.926. The van der Waals surface area contributed by atoms with E-state index in [4.69, 9.17) is 4.84 Å². The van der Waals surface area contributed by atoms with E-state index in [1.807, 2.05) is 12.1 Å². The lowest BCUT2D eigenvalue weighted by molar-refractivity contribution is -0.870. The van der Waals surface area contributed by atoms with E-state index in [0.29, 0.717) is 6.61 Å². The summed E-state index contributed by atoms with van der Waals surface area (Å²) in [5.74, 6) is 0. The molecule has 3 rings (SSSR count). The fourth-order valence-electron chi connectivity index (χ4n) is 2.85. The molecule has 0 spiro atoms. The Hall–Kier alpha value is -1.66. The zero-order valence-corrected chi connectivity index (χ0v) is 17.2. The Labute approximate surface area is 166 Å². The maximum atomic E-state index is 5.69. The van der Waals surface area contributed by atoms with Crippen LogP contribution < -0.4 is 29.3 Å². The number of benzene rings is 2. The minimum atomic E-state index is 0. The average molecular weight is 448 g/mol. The fourth-order valence-corrected chi connectivity index (χ4v) is 2.85. The van der Waals surface area contributed by atoms with Gasteiger partial charge < -0.3 is 33.3 Å². The number of hydrogen-bond donors (Lipinski definition) is 0. The van der Waals surface area contributed by atoms with Gasteiger partial charge in [0, 0.05) is 17.2 Å². The van der Waals surface area contributed by atoms with E-state index in [-0.39, 0.29) is 24.0 Å². The molecule has 3 aromatic rings. The molecule has 0 radical (unpaired) electrons. The molecule has 3 nitrogen and oxygen atoms in total. The zero-order chi connectivity index (χ0) is 17.0. The van der Waals surface area contributed by atoms with E-state index in [1.165, 1.54) is 10.8 Å². The first-order valence-corrected chi connectivity index (χ1v) is 8.42. The molecule has 0 unspecified atom stereocenters. The number of rotatable bonds is 5. The smallest absolute Gasteiger partial charge is 0.122 e. The van der Waals surface area contributed by atoms with Crippen molar-refractivity contribution in [1.29, 1.82) is 0 Å². The minimum absolute atomic E-state index is 0. The molecule has 0 aliphatic carbocycles. The van der Waals surface area contributed by atoms with Crippen LogP contribution in [0.5, 0.6) is 0 Å². The van der Waals surface area contributed by atoms with Crippen LogP contribution in [0.15, 0.2) is 65.8 Å². The van der Waals surface area contributed by atoms with Crippen molar-refractivity contribution in [2.45, 2.75) is 6.42 Å². The minimum Gasteiger partial charge on any atom is -1.00 e. The summed E-state index contributed by atoms with van der Waals surface area (Å²) in [6.07, 6.45) is 0.988. The van der Waals surface area contributed by atoms with E-state index in [2.05, 4.69) is 74.8 Å². The monoisotopic (exact) mass is 448 g/mol. The van der Waals surface area contributed by atoms with Gasteiger partial charge >= 0.3 is 0 Å². The first-order valence-electron chi connectivity index (χ1n) is 8.42. The first-order chi connectivity index (χ1) is 11.5. The summed E-state index contributed by atoms with van der Waals surface area (Å²) in [5.41, 5.74) is 0. The van der Waals surface area contributed by atoms with Crippen LogP contribution in [0.2, 0.25) is 0 Å². The van der Waals surface area contributed by atoms with Crippen molar-refractivity contribution < 1.29 is 33.3 Å². The molecule has 0 aliphatic rings. The van der Waals surface area contributed by atoms with Crippen LogP contribution in [-0.4, -0.2) is 38.8 Å². The quantitative estimate of drug-likeness (QED) is 0.246. The van der Waals surface area contributed by atoms with Crippen molar-refractivity contribution in [3.8, 4) is 0 Å². The molecule has 0 aromatic heterocycles. The largest absolute Gasteiger partial charge is 1.00 e. The van der Waals surface area contributed by atoms with E-state index in [9.17, 15) is 0 Å². The van der Waals surface area contributed by atoms with Crippen molar-refractivity contribution in [2.75, 3.05) is 34.3 Å². The molecule has 0 saturated heterocycles. The van der Waals surface area contributed by atoms with Gasteiger partial charge in [0.05, 0.1) is 27.7 Å². The number of quaternary nitrogens is 1. The van der Waals surface area contributed by atoms with E-state index < -0.39 is 0 Å². The predicted molar refractivity (Wildman–Crippen MR) is 100 cm³/mol. The molecule has 0 heterocycles. The van der Waals surface area contributed by atoms with E-state index in [1.54, 1.807) is 0 Å². The molecule has 0 fully saturated rings. The van der Waals surface area contributed by atoms with Crippen molar-refractivity contribution in [3.63, 3.8) is 0 Å². The maximum absolute atomic E-state index is 5.69. The topological polar surface area (TPSA) is 21.6 Å². The van der Waals surface area contributed by atoms with E-state index in [0.717, 1.165) is 33.6 Å². The van der Waals surface area contributed by atoms with Crippen LogP contribution in [-0.2, 0) is 4.84 Å². The van der Waals surface area contributed by atoms with Crippen LogP contribution in [0.3, 0.4) is 0 Å². The summed E-state index contributed by atoms with van der Waals surface area (Å²) in [4.78, 5) is 5.69. The van der Waals surface area contributed by atoms with Gasteiger partial charge in [0.15, 0.2) is 0 Å². The van der Waals surface area contributed by atoms with Gasteiger partial charge in [-0.3, -0.25) is 0 Å². The standard InChI is InChI=1S/C21H25N2O.HI/c1-23(2,3)15-8-16-24-22-21-19-11-6-4-9-17(19)13-14-18-10-5-7-12-20(18)21;/h4-7,9-14H,8,15-16H2,1-3H3;1H/q+1;/p-1. The van der Waals surface area contributed by atoms with Gasteiger partial charge in [-0.25, -0.2) is 0 Å². The highest BCUT2D eigenvalue weighted by molar-refractivity contribution is 5.92. The van der Waals surface area contributed by atoms with Crippen LogP contribution in [0.4, 0.5) is 0 Å². The Morgan fingerprint density at radius 1 is 0.800 bits per heavy atom. The van der Waals surface area contributed by atoms with Gasteiger partial charge in [-0.15, -0.1) is 0 Å². The Kier molecular flexibility index (Phi) is 6.79. The molecule has 3 aromatic carbocycles. The van der Waals surface area contributed by atoms with Gasteiger partial charge in [-0.05, 0) is 10.8 Å². The highest BCUT2D eigenvalue weighted by Crippen LogP contribution is 2.15. The van der Waals surface area contributed by atoms with Gasteiger partial charge in [0.2, 0.25) is 0 Å². The maximum Gasteiger partial charge on any atom is 0.122 e. The molecular formula is C21H25IN2O. The molecule has 0 atom stereocenters. The van der Waals surface area contributed by atoms with E-state index >= 15 is 0 Å². The van der Waals surface area contributed by atoms with Crippen molar-refractivity contribution in [1.82, 2.24) is 0 Å². The number of hydrogen-bond acceptors (Lipinski definition) is 2. The highest BCUT2D eigenvalue weighted by atomic mass is 127. The number of halogens is 1. The lowest BCUT2D eigenvalue weighted by Crippen LogP contribution is -3.00. The molecule has 0 saturated carbocycles. The lowest BCUT2D eigenvalue weighted by atomic mass is 10.1. The summed E-state index contributed by atoms with van der Waals surface area (Å²) in [5, 5.41) is 10.00. The second-order valence-electron chi connectivity index (χ2n) is 7.15. The molecule has 132 valence electrons. The second kappa shape index (κ2) is 8.63. The van der Waals surface area contributed by atoms with Crippen molar-refractivity contribution in [3.05, 3.63) is 66.0 Å². The SMILES string of the molecule is C[N+](C)(C)CCCON=c1c2ccccc2ccc2ccccc12.[I-]. The van der Waals surface area contributed by atoms with Crippen LogP contribution >= 0.6 is 0 Å².